The summed E-state index contributed by atoms with van der Waals surface area (Å²) in [6, 6.07) is 10.2. The number of nitrogens with zero attached hydrogens (tertiary/aromatic N) is 1. The number of nitrogens with two attached hydrogens (primary N) is 1. The first-order valence-corrected chi connectivity index (χ1v) is 7.86. The lowest BCUT2D eigenvalue weighted by atomic mass is 9.86. The summed E-state index contributed by atoms with van der Waals surface area (Å²) in [5.74, 6) is 5.33. The molecule has 0 fully saturated rings. The molecule has 0 saturated carbocycles. The van der Waals surface area contributed by atoms with Gasteiger partial charge in [0.05, 0.1) is 5.71 Å². The highest BCUT2D eigenvalue weighted by Gasteiger charge is 2.62. The predicted molar refractivity (Wildman–Crippen MR) is 90.7 cm³/mol. The van der Waals surface area contributed by atoms with Gasteiger partial charge in [-0.25, -0.2) is 0 Å². The van der Waals surface area contributed by atoms with Gasteiger partial charge in [-0.1, -0.05) is 40.5 Å². The lowest BCUT2D eigenvalue weighted by molar-refractivity contribution is -0.275. The van der Waals surface area contributed by atoms with Crippen molar-refractivity contribution < 1.29 is 18.0 Å². The fourth-order valence-electron chi connectivity index (χ4n) is 2.63. The summed E-state index contributed by atoms with van der Waals surface area (Å²) >= 11 is 11.7. The third-order valence-corrected chi connectivity index (χ3v) is 4.31. The molecule has 1 atom stereocenters. The number of hydrazine groups is 1. The smallest absolute Gasteiger partial charge is 0.374 e. The second-order valence-electron chi connectivity index (χ2n) is 5.51. The zero-order valence-corrected chi connectivity index (χ0v) is 14.1. The Kier molecular flexibility index (Phi) is 4.57. The standard InChI is InChI=1S/C16H12Cl2F3N3O/c17-11-5-10(6-12(18)7-11)15(16(19,20)21)8-14(24-25-15)9-2-1-3-13(4-9)23-22/h1-7,23H,8,22H2. The van der Waals surface area contributed by atoms with Crippen molar-refractivity contribution in [2.45, 2.75) is 18.2 Å². The normalized spacial score (nSPS) is 20.2. The molecule has 0 spiro atoms. The maximum atomic E-state index is 13.9. The molecule has 0 saturated heterocycles. The van der Waals surface area contributed by atoms with Crippen molar-refractivity contribution in [3.8, 4) is 0 Å². The zero-order chi connectivity index (χ0) is 18.2. The van der Waals surface area contributed by atoms with E-state index in [2.05, 4.69) is 10.6 Å². The summed E-state index contributed by atoms with van der Waals surface area (Å²) in [5, 5.41) is 3.84. The number of rotatable bonds is 3. The number of nitrogen functional groups attached to an aromatic ring is 1. The lowest BCUT2D eigenvalue weighted by Gasteiger charge is -2.29. The average Bonchev–Trinajstić information content (AvgIpc) is 3.00. The minimum atomic E-state index is -4.73. The van der Waals surface area contributed by atoms with Crippen molar-refractivity contribution in [3.05, 3.63) is 63.6 Å². The van der Waals surface area contributed by atoms with Crippen LogP contribution in [0, 0.1) is 0 Å². The van der Waals surface area contributed by atoms with Gasteiger partial charge in [0.25, 0.3) is 5.60 Å². The molecule has 25 heavy (non-hydrogen) atoms. The largest absolute Gasteiger partial charge is 0.435 e. The Morgan fingerprint density at radius 1 is 1.12 bits per heavy atom. The molecular formula is C16H12Cl2F3N3O. The molecule has 1 unspecified atom stereocenters. The highest BCUT2D eigenvalue weighted by molar-refractivity contribution is 6.34. The molecule has 0 aliphatic carbocycles. The summed E-state index contributed by atoms with van der Waals surface area (Å²) in [4.78, 5) is 4.94. The van der Waals surface area contributed by atoms with Gasteiger partial charge in [-0.05, 0) is 30.3 Å². The minimum absolute atomic E-state index is 0.0810. The maximum Gasteiger partial charge on any atom is 0.435 e. The highest BCUT2D eigenvalue weighted by atomic mass is 35.5. The van der Waals surface area contributed by atoms with Gasteiger partial charge in [0.1, 0.15) is 0 Å². The van der Waals surface area contributed by atoms with E-state index in [9.17, 15) is 13.2 Å². The molecule has 3 rings (SSSR count). The van der Waals surface area contributed by atoms with Gasteiger partial charge in [0, 0.05) is 33.3 Å². The van der Waals surface area contributed by atoms with E-state index in [0.29, 0.717) is 11.3 Å². The van der Waals surface area contributed by atoms with Crippen molar-refractivity contribution in [2.24, 2.45) is 11.0 Å². The van der Waals surface area contributed by atoms with Crippen molar-refractivity contribution in [2.75, 3.05) is 5.43 Å². The third kappa shape index (κ3) is 3.27. The molecule has 0 radical (unpaired) electrons. The zero-order valence-electron chi connectivity index (χ0n) is 12.6. The highest BCUT2D eigenvalue weighted by Crippen LogP contribution is 2.49. The first kappa shape index (κ1) is 17.8. The quantitative estimate of drug-likeness (QED) is 0.581. The number of halogens is 5. The van der Waals surface area contributed by atoms with Crippen molar-refractivity contribution >= 4 is 34.6 Å². The number of hydrogen-bond donors (Lipinski definition) is 2. The van der Waals surface area contributed by atoms with E-state index in [1.807, 2.05) is 0 Å². The Hall–Kier alpha value is -1.96. The molecule has 9 heteroatoms. The van der Waals surface area contributed by atoms with Gasteiger partial charge < -0.3 is 10.3 Å². The maximum absolute atomic E-state index is 13.9. The van der Waals surface area contributed by atoms with Crippen molar-refractivity contribution in [1.82, 2.24) is 0 Å². The summed E-state index contributed by atoms with van der Waals surface area (Å²) in [6.07, 6.45) is -5.24. The second kappa shape index (κ2) is 6.40. The number of anilines is 1. The second-order valence-corrected chi connectivity index (χ2v) is 6.39. The molecular weight excluding hydrogens is 378 g/mol. The van der Waals surface area contributed by atoms with Crippen LogP contribution >= 0.6 is 23.2 Å². The van der Waals surface area contributed by atoms with Crippen molar-refractivity contribution in [3.63, 3.8) is 0 Å². The van der Waals surface area contributed by atoms with Crippen LogP contribution in [0.5, 0.6) is 0 Å². The van der Waals surface area contributed by atoms with Crippen LogP contribution in [0.4, 0.5) is 18.9 Å². The van der Waals surface area contributed by atoms with E-state index in [-0.39, 0.29) is 21.3 Å². The summed E-state index contributed by atoms with van der Waals surface area (Å²) in [7, 11) is 0. The Morgan fingerprint density at radius 2 is 1.80 bits per heavy atom. The molecule has 0 aromatic heterocycles. The molecule has 1 aliphatic heterocycles. The monoisotopic (exact) mass is 389 g/mol. The van der Waals surface area contributed by atoms with E-state index in [0.717, 1.165) is 0 Å². The van der Waals surface area contributed by atoms with E-state index in [4.69, 9.17) is 33.9 Å². The first-order chi connectivity index (χ1) is 11.7. The van der Waals surface area contributed by atoms with Gasteiger partial charge in [-0.15, -0.1) is 0 Å². The topological polar surface area (TPSA) is 59.6 Å². The summed E-state index contributed by atoms with van der Waals surface area (Å²) in [6.45, 7) is 0. The predicted octanol–water partition coefficient (Wildman–Crippen LogP) is 4.86. The van der Waals surface area contributed by atoms with Gasteiger partial charge in [0.2, 0.25) is 0 Å². The number of oxime groups is 1. The number of alkyl halides is 3. The molecule has 2 aromatic carbocycles. The summed E-state index contributed by atoms with van der Waals surface area (Å²) in [5.41, 5.74) is 0.730. The van der Waals surface area contributed by atoms with Crippen LogP contribution < -0.4 is 11.3 Å². The number of benzene rings is 2. The average molecular weight is 390 g/mol. The van der Waals surface area contributed by atoms with Crippen LogP contribution in [0.25, 0.3) is 0 Å². The Morgan fingerprint density at radius 3 is 2.40 bits per heavy atom. The molecule has 0 bridgehead atoms. The molecule has 2 aromatic rings. The van der Waals surface area contributed by atoms with Gasteiger partial charge in [0.15, 0.2) is 0 Å². The molecule has 132 valence electrons. The van der Waals surface area contributed by atoms with Gasteiger partial charge in [-0.2, -0.15) is 13.2 Å². The van der Waals surface area contributed by atoms with Crippen LogP contribution in [0.2, 0.25) is 10.0 Å². The van der Waals surface area contributed by atoms with E-state index in [1.165, 1.54) is 18.2 Å². The Bertz CT molecular complexity index is 821. The molecule has 0 amide bonds. The van der Waals surface area contributed by atoms with Crippen LogP contribution in [-0.2, 0) is 10.4 Å². The van der Waals surface area contributed by atoms with Crippen molar-refractivity contribution in [1.29, 1.82) is 0 Å². The SMILES string of the molecule is NNc1cccc(C2=NOC(c3cc(Cl)cc(Cl)c3)(C(F)(F)F)C2)c1. The molecule has 1 heterocycles. The molecule has 4 nitrogen and oxygen atoms in total. The van der Waals surface area contributed by atoms with Gasteiger partial charge >= 0.3 is 6.18 Å². The third-order valence-electron chi connectivity index (χ3n) is 3.88. The van der Waals surface area contributed by atoms with E-state index >= 15 is 0 Å². The van der Waals surface area contributed by atoms with E-state index < -0.39 is 18.2 Å². The van der Waals surface area contributed by atoms with Crippen LogP contribution in [-0.4, -0.2) is 11.9 Å². The van der Waals surface area contributed by atoms with Crippen LogP contribution in [0.3, 0.4) is 0 Å². The fourth-order valence-corrected chi connectivity index (χ4v) is 3.16. The Balaban J connectivity index is 2.03. The Labute approximate surface area is 151 Å². The lowest BCUT2D eigenvalue weighted by Crippen LogP contribution is -2.42. The molecule has 3 N–H and O–H groups in total. The van der Waals surface area contributed by atoms with Crippen LogP contribution in [0.1, 0.15) is 17.5 Å². The van der Waals surface area contributed by atoms with Gasteiger partial charge in [-0.3, -0.25) is 5.84 Å². The minimum Gasteiger partial charge on any atom is -0.374 e. The van der Waals surface area contributed by atoms with Crippen LogP contribution in [0.15, 0.2) is 47.6 Å². The summed E-state index contributed by atoms with van der Waals surface area (Å²) < 4.78 is 41.6. The number of nitrogens with one attached hydrogen (secondary N) is 1. The number of hydrogen-bond acceptors (Lipinski definition) is 4. The first-order valence-electron chi connectivity index (χ1n) is 7.10. The fraction of sp³-hybridized carbons (Fsp3) is 0.188. The molecule has 1 aliphatic rings. The van der Waals surface area contributed by atoms with E-state index in [1.54, 1.807) is 24.3 Å².